The third kappa shape index (κ3) is 4.42. The van der Waals surface area contributed by atoms with Crippen molar-refractivity contribution >= 4 is 35.2 Å². The van der Waals surface area contributed by atoms with Crippen LogP contribution in [0, 0.1) is 0 Å². The van der Waals surface area contributed by atoms with Gasteiger partial charge >= 0.3 is 0 Å². The fourth-order valence-corrected chi connectivity index (χ4v) is 3.08. The molecule has 1 heterocycles. The van der Waals surface area contributed by atoms with Crippen molar-refractivity contribution in [2.75, 3.05) is 25.4 Å². The molecule has 2 amide bonds. The van der Waals surface area contributed by atoms with Crippen LogP contribution >= 0.6 is 23.4 Å². The van der Waals surface area contributed by atoms with Crippen molar-refractivity contribution in [1.82, 2.24) is 10.2 Å². The highest BCUT2D eigenvalue weighted by Gasteiger charge is 2.18. The van der Waals surface area contributed by atoms with Crippen LogP contribution in [-0.2, 0) is 9.59 Å². The highest BCUT2D eigenvalue weighted by Crippen LogP contribution is 2.26. The molecule has 0 bridgehead atoms. The fourth-order valence-electron chi connectivity index (χ4n) is 2.01. The molecule has 1 saturated heterocycles. The summed E-state index contributed by atoms with van der Waals surface area (Å²) in [6.45, 7) is 1.70. The van der Waals surface area contributed by atoms with Gasteiger partial charge in [0.05, 0.1) is 17.3 Å². The van der Waals surface area contributed by atoms with E-state index < -0.39 is 0 Å². The maximum atomic E-state index is 11.8. The molecule has 0 radical (unpaired) electrons. The van der Waals surface area contributed by atoms with E-state index in [0.717, 1.165) is 30.8 Å². The summed E-state index contributed by atoms with van der Waals surface area (Å²) in [5.41, 5.74) is 0. The van der Waals surface area contributed by atoms with Gasteiger partial charge in [-0.05, 0) is 25.0 Å². The van der Waals surface area contributed by atoms with Gasteiger partial charge in [0.25, 0.3) is 0 Å². The molecule has 1 aromatic rings. The summed E-state index contributed by atoms with van der Waals surface area (Å²) in [7, 11) is 0. The lowest BCUT2D eigenvalue weighted by Crippen LogP contribution is -2.39. The molecule has 2 rings (SSSR count). The first kappa shape index (κ1) is 15.2. The predicted molar refractivity (Wildman–Crippen MR) is 81.0 cm³/mol. The zero-order valence-corrected chi connectivity index (χ0v) is 12.7. The highest BCUT2D eigenvalue weighted by atomic mass is 35.5. The average Bonchev–Trinajstić information content (AvgIpc) is 2.98. The largest absolute Gasteiger partial charge is 0.346 e. The Morgan fingerprint density at radius 3 is 2.65 bits per heavy atom. The van der Waals surface area contributed by atoms with Crippen molar-refractivity contribution in [3.05, 3.63) is 29.3 Å². The van der Waals surface area contributed by atoms with Gasteiger partial charge in [-0.25, -0.2) is 0 Å². The lowest BCUT2D eigenvalue weighted by atomic mass is 10.4. The number of amides is 2. The van der Waals surface area contributed by atoms with Crippen molar-refractivity contribution in [3.63, 3.8) is 0 Å². The molecular formula is C14H17ClN2O2S. The fraction of sp³-hybridized carbons (Fsp3) is 0.429. The molecule has 0 atom stereocenters. The molecule has 0 saturated carbocycles. The minimum atomic E-state index is -0.150. The van der Waals surface area contributed by atoms with E-state index in [2.05, 4.69) is 5.32 Å². The van der Waals surface area contributed by atoms with Crippen LogP contribution in [0.25, 0.3) is 0 Å². The first-order chi connectivity index (χ1) is 9.66. The van der Waals surface area contributed by atoms with Crippen LogP contribution in [0.15, 0.2) is 29.2 Å². The summed E-state index contributed by atoms with van der Waals surface area (Å²) in [5, 5.41) is 3.29. The highest BCUT2D eigenvalue weighted by molar-refractivity contribution is 8.00. The molecule has 1 aliphatic rings. The smallest absolute Gasteiger partial charge is 0.241 e. The Labute approximate surface area is 127 Å². The molecule has 1 aromatic carbocycles. The van der Waals surface area contributed by atoms with E-state index in [-0.39, 0.29) is 24.1 Å². The standard InChI is InChI=1S/C14H17ClN2O2S/c15-11-5-1-2-6-12(11)20-10-13(18)16-9-14(19)17-7-3-4-8-17/h1-2,5-6H,3-4,7-10H2,(H,16,18). The summed E-state index contributed by atoms with van der Waals surface area (Å²) in [6.07, 6.45) is 2.12. The summed E-state index contributed by atoms with van der Waals surface area (Å²) in [6, 6.07) is 7.39. The first-order valence-corrected chi connectivity index (χ1v) is 7.95. The number of benzene rings is 1. The normalized spacial score (nSPS) is 14.3. The van der Waals surface area contributed by atoms with E-state index >= 15 is 0 Å². The van der Waals surface area contributed by atoms with E-state index in [1.54, 1.807) is 11.0 Å². The molecule has 0 spiro atoms. The second-order valence-corrected chi connectivity index (χ2v) is 6.01. The predicted octanol–water partition coefficient (Wildman–Crippen LogP) is 2.17. The van der Waals surface area contributed by atoms with Crippen LogP contribution in [0.4, 0.5) is 0 Å². The maximum absolute atomic E-state index is 11.8. The zero-order valence-electron chi connectivity index (χ0n) is 11.1. The zero-order chi connectivity index (χ0) is 14.4. The topological polar surface area (TPSA) is 49.4 Å². The van der Waals surface area contributed by atoms with Crippen LogP contribution in [0.5, 0.6) is 0 Å². The van der Waals surface area contributed by atoms with Gasteiger partial charge in [-0.3, -0.25) is 9.59 Å². The molecule has 20 heavy (non-hydrogen) atoms. The molecule has 1 aliphatic heterocycles. The van der Waals surface area contributed by atoms with E-state index in [1.165, 1.54) is 11.8 Å². The van der Waals surface area contributed by atoms with Crippen LogP contribution in [0.2, 0.25) is 5.02 Å². The van der Waals surface area contributed by atoms with E-state index in [4.69, 9.17) is 11.6 Å². The number of nitrogens with zero attached hydrogens (tertiary/aromatic N) is 1. The second kappa shape index (κ2) is 7.55. The summed E-state index contributed by atoms with van der Waals surface area (Å²) < 4.78 is 0. The number of carbonyl (C=O) groups excluding carboxylic acids is 2. The summed E-state index contributed by atoms with van der Waals surface area (Å²) >= 11 is 7.38. The first-order valence-electron chi connectivity index (χ1n) is 6.58. The Bertz CT molecular complexity index is 490. The van der Waals surface area contributed by atoms with Crippen molar-refractivity contribution in [2.45, 2.75) is 17.7 Å². The van der Waals surface area contributed by atoms with Crippen molar-refractivity contribution < 1.29 is 9.59 Å². The van der Waals surface area contributed by atoms with Crippen molar-refractivity contribution in [1.29, 1.82) is 0 Å². The van der Waals surface area contributed by atoms with Gasteiger partial charge in [0.1, 0.15) is 0 Å². The van der Waals surface area contributed by atoms with Crippen LogP contribution < -0.4 is 5.32 Å². The molecule has 6 heteroatoms. The second-order valence-electron chi connectivity index (χ2n) is 4.58. The lowest BCUT2D eigenvalue weighted by molar-refractivity contribution is -0.131. The Morgan fingerprint density at radius 1 is 1.25 bits per heavy atom. The van der Waals surface area contributed by atoms with Crippen LogP contribution in [0.3, 0.4) is 0 Å². The van der Waals surface area contributed by atoms with Gasteiger partial charge in [0.15, 0.2) is 0 Å². The third-order valence-corrected chi connectivity index (χ3v) is 4.61. The van der Waals surface area contributed by atoms with Gasteiger partial charge in [-0.15, -0.1) is 11.8 Å². The van der Waals surface area contributed by atoms with Gasteiger partial charge in [-0.2, -0.15) is 0 Å². The Balaban J connectivity index is 1.70. The number of halogens is 1. The maximum Gasteiger partial charge on any atom is 0.241 e. The quantitative estimate of drug-likeness (QED) is 0.848. The number of thioether (sulfide) groups is 1. The molecule has 4 nitrogen and oxygen atoms in total. The Hall–Kier alpha value is -1.20. The van der Waals surface area contributed by atoms with E-state index in [0.29, 0.717) is 5.02 Å². The molecule has 0 unspecified atom stereocenters. The van der Waals surface area contributed by atoms with E-state index in [9.17, 15) is 9.59 Å². The van der Waals surface area contributed by atoms with Crippen LogP contribution in [0.1, 0.15) is 12.8 Å². The molecule has 1 fully saturated rings. The van der Waals surface area contributed by atoms with Crippen molar-refractivity contribution in [2.24, 2.45) is 0 Å². The van der Waals surface area contributed by atoms with Crippen LogP contribution in [-0.4, -0.2) is 42.1 Å². The van der Waals surface area contributed by atoms with Crippen molar-refractivity contribution in [3.8, 4) is 0 Å². The number of carbonyl (C=O) groups is 2. The number of hydrogen-bond acceptors (Lipinski definition) is 3. The Morgan fingerprint density at radius 2 is 1.95 bits per heavy atom. The monoisotopic (exact) mass is 312 g/mol. The number of rotatable bonds is 5. The molecule has 0 aliphatic carbocycles. The van der Waals surface area contributed by atoms with Gasteiger partial charge < -0.3 is 10.2 Å². The number of hydrogen-bond donors (Lipinski definition) is 1. The summed E-state index contributed by atoms with van der Waals surface area (Å²) in [5.74, 6) is 0.109. The third-order valence-electron chi connectivity index (χ3n) is 3.09. The number of likely N-dealkylation sites (tertiary alicyclic amines) is 1. The SMILES string of the molecule is O=C(CSc1ccccc1Cl)NCC(=O)N1CCCC1. The molecule has 0 aromatic heterocycles. The van der Waals surface area contributed by atoms with E-state index in [1.807, 2.05) is 18.2 Å². The number of nitrogens with one attached hydrogen (secondary N) is 1. The molecular weight excluding hydrogens is 296 g/mol. The average molecular weight is 313 g/mol. The lowest BCUT2D eigenvalue weighted by Gasteiger charge is -2.15. The minimum absolute atomic E-state index is 0.00130. The van der Waals surface area contributed by atoms with Gasteiger partial charge in [0, 0.05) is 18.0 Å². The van der Waals surface area contributed by atoms with Gasteiger partial charge in [0.2, 0.25) is 11.8 Å². The molecule has 1 N–H and O–H groups in total. The Kier molecular flexibility index (Phi) is 5.73. The minimum Gasteiger partial charge on any atom is -0.346 e. The summed E-state index contributed by atoms with van der Waals surface area (Å²) in [4.78, 5) is 26.1. The van der Waals surface area contributed by atoms with Gasteiger partial charge in [-0.1, -0.05) is 23.7 Å². The molecule has 108 valence electrons.